The Balaban J connectivity index is 1.09. The molecule has 2 aromatic carbocycles. The summed E-state index contributed by atoms with van der Waals surface area (Å²) in [5, 5.41) is 8.00. The standard InChI is InChI=1S/C36H44ClFN8O3/c1-4-35(47)42-28-18-29(41-33-20-34(40-22-39-33)46-30(12-17-49-46)26-6-5-7-27(37)36(26)38)32(48-3)19-31(28)43-13-10-24(11-14-43)44-15-16-45(23(2)21-44)25-8-9-25/h4-7,18-20,22-25,30H,1,8-17,21H2,2-3H3,(H,42,47)(H,39,40,41)/t23-,30-/m1/s1. The fraction of sp³-hybridized carbons (Fsp3) is 0.472. The van der Waals surface area contributed by atoms with Crippen molar-refractivity contribution in [1.82, 2.24) is 19.8 Å². The van der Waals surface area contributed by atoms with Crippen LogP contribution in [0.15, 0.2) is 55.4 Å². The van der Waals surface area contributed by atoms with Crippen LogP contribution in [0.4, 0.5) is 33.1 Å². The number of hydroxylamine groups is 1. The first-order valence-corrected chi connectivity index (χ1v) is 17.6. The van der Waals surface area contributed by atoms with Gasteiger partial charge in [0.05, 0.1) is 41.8 Å². The van der Waals surface area contributed by atoms with Crippen molar-refractivity contribution in [3.05, 3.63) is 71.8 Å². The normalized spacial score (nSPS) is 22.3. The second-order valence-corrected chi connectivity index (χ2v) is 13.7. The maximum absolute atomic E-state index is 15.0. The number of ether oxygens (including phenoxy) is 1. The number of anilines is 5. The summed E-state index contributed by atoms with van der Waals surface area (Å²) in [5.41, 5.74) is 2.58. The highest BCUT2D eigenvalue weighted by molar-refractivity contribution is 6.30. The molecule has 2 N–H and O–H groups in total. The van der Waals surface area contributed by atoms with Crippen LogP contribution in [-0.2, 0) is 9.63 Å². The Labute approximate surface area is 292 Å². The summed E-state index contributed by atoms with van der Waals surface area (Å²) in [6.45, 7) is 11.6. The lowest BCUT2D eigenvalue weighted by atomic mass is 9.99. The Morgan fingerprint density at radius 3 is 2.61 bits per heavy atom. The summed E-state index contributed by atoms with van der Waals surface area (Å²) >= 11 is 6.08. The highest BCUT2D eigenvalue weighted by Crippen LogP contribution is 2.41. The van der Waals surface area contributed by atoms with Crippen LogP contribution in [0.1, 0.15) is 50.6 Å². The number of rotatable bonds is 10. The molecule has 4 aliphatic rings. The van der Waals surface area contributed by atoms with Crippen LogP contribution in [0, 0.1) is 5.82 Å². The van der Waals surface area contributed by atoms with Gasteiger partial charge in [0.2, 0.25) is 5.91 Å². The molecule has 0 radical (unpaired) electrons. The summed E-state index contributed by atoms with van der Waals surface area (Å²) in [6.07, 6.45) is 8.06. The average molecular weight is 691 g/mol. The van der Waals surface area contributed by atoms with E-state index in [4.69, 9.17) is 21.2 Å². The molecule has 2 atom stereocenters. The van der Waals surface area contributed by atoms with Crippen molar-refractivity contribution in [3.63, 3.8) is 0 Å². The quantitative estimate of drug-likeness (QED) is 0.241. The third-order valence-corrected chi connectivity index (χ3v) is 10.5. The highest BCUT2D eigenvalue weighted by Gasteiger charge is 2.38. The summed E-state index contributed by atoms with van der Waals surface area (Å²) < 4.78 is 20.8. The van der Waals surface area contributed by atoms with Crippen LogP contribution in [0.3, 0.4) is 0 Å². The molecule has 1 amide bonds. The van der Waals surface area contributed by atoms with E-state index in [-0.39, 0.29) is 10.9 Å². The van der Waals surface area contributed by atoms with Gasteiger partial charge < -0.3 is 20.3 Å². The molecule has 0 bridgehead atoms. The van der Waals surface area contributed by atoms with E-state index < -0.39 is 11.9 Å². The monoisotopic (exact) mass is 690 g/mol. The van der Waals surface area contributed by atoms with Crippen LogP contribution < -0.4 is 25.3 Å². The van der Waals surface area contributed by atoms with E-state index >= 15 is 0 Å². The summed E-state index contributed by atoms with van der Waals surface area (Å²) in [7, 11) is 1.62. The molecule has 13 heteroatoms. The van der Waals surface area contributed by atoms with Crippen molar-refractivity contribution < 1.29 is 18.8 Å². The lowest BCUT2D eigenvalue weighted by Crippen LogP contribution is -2.57. The van der Waals surface area contributed by atoms with Crippen LogP contribution in [-0.4, -0.2) is 90.2 Å². The van der Waals surface area contributed by atoms with Crippen molar-refractivity contribution >= 4 is 46.2 Å². The van der Waals surface area contributed by atoms with Gasteiger partial charge in [-0.25, -0.2) is 19.4 Å². The van der Waals surface area contributed by atoms with Crippen molar-refractivity contribution in [2.45, 2.75) is 63.2 Å². The number of halogens is 2. The zero-order chi connectivity index (χ0) is 34.1. The molecule has 4 heterocycles. The maximum Gasteiger partial charge on any atom is 0.247 e. The van der Waals surface area contributed by atoms with Crippen molar-refractivity contribution in [2.75, 3.05) is 67.0 Å². The predicted molar refractivity (Wildman–Crippen MR) is 190 cm³/mol. The lowest BCUT2D eigenvalue weighted by molar-refractivity contribution is -0.111. The van der Waals surface area contributed by atoms with E-state index in [0.717, 1.165) is 57.3 Å². The van der Waals surface area contributed by atoms with Gasteiger partial charge in [-0.15, -0.1) is 0 Å². The molecule has 1 aliphatic carbocycles. The number of nitrogens with zero attached hydrogens (tertiary/aromatic N) is 6. The van der Waals surface area contributed by atoms with E-state index in [9.17, 15) is 9.18 Å². The van der Waals surface area contributed by atoms with Gasteiger partial charge in [-0.05, 0) is 50.8 Å². The number of benzene rings is 2. The molecule has 3 saturated heterocycles. The molecule has 49 heavy (non-hydrogen) atoms. The summed E-state index contributed by atoms with van der Waals surface area (Å²) in [6, 6.07) is 12.1. The third kappa shape index (κ3) is 7.19. The second-order valence-electron chi connectivity index (χ2n) is 13.3. The molecule has 260 valence electrons. The fourth-order valence-corrected chi connectivity index (χ4v) is 7.74. The Kier molecular flexibility index (Phi) is 9.91. The Morgan fingerprint density at radius 1 is 1.06 bits per heavy atom. The van der Waals surface area contributed by atoms with E-state index in [0.29, 0.717) is 59.4 Å². The smallest absolute Gasteiger partial charge is 0.247 e. The number of carbonyl (C=O) groups is 1. The van der Waals surface area contributed by atoms with E-state index in [1.807, 2.05) is 12.1 Å². The number of hydrogen-bond donors (Lipinski definition) is 2. The molecule has 1 aromatic heterocycles. The molecule has 11 nitrogen and oxygen atoms in total. The molecule has 0 unspecified atom stereocenters. The first-order valence-electron chi connectivity index (χ1n) is 17.2. The minimum atomic E-state index is -0.471. The summed E-state index contributed by atoms with van der Waals surface area (Å²) in [4.78, 5) is 35.1. The molecule has 1 saturated carbocycles. The van der Waals surface area contributed by atoms with Gasteiger partial charge in [-0.1, -0.05) is 30.3 Å². The minimum Gasteiger partial charge on any atom is -0.494 e. The zero-order valence-corrected chi connectivity index (χ0v) is 28.8. The number of carbonyl (C=O) groups excluding carboxylic acids is 1. The van der Waals surface area contributed by atoms with Gasteiger partial charge in [0, 0.05) is 75.0 Å². The largest absolute Gasteiger partial charge is 0.494 e. The van der Waals surface area contributed by atoms with Crippen LogP contribution in [0.5, 0.6) is 5.75 Å². The minimum absolute atomic E-state index is 0.0606. The van der Waals surface area contributed by atoms with Crippen molar-refractivity contribution in [2.24, 2.45) is 0 Å². The number of nitrogens with one attached hydrogen (secondary N) is 2. The number of amides is 1. The third-order valence-electron chi connectivity index (χ3n) is 10.2. The van der Waals surface area contributed by atoms with Crippen LogP contribution in [0.2, 0.25) is 5.02 Å². The van der Waals surface area contributed by atoms with Gasteiger partial charge in [0.15, 0.2) is 5.82 Å². The average Bonchev–Trinajstić information content (AvgIpc) is 3.84. The number of piperidine rings is 1. The molecule has 4 fully saturated rings. The molecule has 7 rings (SSSR count). The molecule has 3 aromatic rings. The second kappa shape index (κ2) is 14.5. The number of aromatic nitrogens is 2. The number of hydrogen-bond acceptors (Lipinski definition) is 10. The van der Waals surface area contributed by atoms with Gasteiger partial charge >= 0.3 is 0 Å². The van der Waals surface area contributed by atoms with Crippen molar-refractivity contribution in [3.8, 4) is 5.75 Å². The zero-order valence-electron chi connectivity index (χ0n) is 28.1. The number of methoxy groups -OCH3 is 1. The SMILES string of the molecule is C=CC(=O)Nc1cc(Nc2cc(N3OCC[C@@H]3c3cccc(Cl)c3F)ncn2)c(OC)cc1N1CCC(N2CCN(C3CC3)[C@H](C)C2)CC1. The Morgan fingerprint density at radius 2 is 1.88 bits per heavy atom. The highest BCUT2D eigenvalue weighted by atomic mass is 35.5. The van der Waals surface area contributed by atoms with E-state index in [1.54, 1.807) is 30.4 Å². The van der Waals surface area contributed by atoms with Crippen LogP contribution in [0.25, 0.3) is 0 Å². The van der Waals surface area contributed by atoms with Gasteiger partial charge in [-0.3, -0.25) is 19.4 Å². The van der Waals surface area contributed by atoms with Gasteiger partial charge in [-0.2, -0.15) is 0 Å². The molecule has 3 aliphatic heterocycles. The first-order chi connectivity index (χ1) is 23.8. The van der Waals surface area contributed by atoms with Crippen molar-refractivity contribution in [1.29, 1.82) is 0 Å². The molecular weight excluding hydrogens is 647 g/mol. The number of piperazine rings is 1. The lowest BCUT2D eigenvalue weighted by Gasteiger charge is -2.46. The summed E-state index contributed by atoms with van der Waals surface area (Å²) in [5.74, 6) is 0.748. The fourth-order valence-electron chi connectivity index (χ4n) is 7.56. The maximum atomic E-state index is 15.0. The predicted octanol–water partition coefficient (Wildman–Crippen LogP) is 6.17. The Hall–Kier alpha value is -3.97. The molecular formula is C36H44ClFN8O3. The van der Waals surface area contributed by atoms with Crippen LogP contribution >= 0.6 is 11.6 Å². The van der Waals surface area contributed by atoms with Gasteiger partial charge in [0.25, 0.3) is 0 Å². The first kappa shape index (κ1) is 33.5. The molecule has 0 spiro atoms. The van der Waals surface area contributed by atoms with Gasteiger partial charge in [0.1, 0.15) is 23.7 Å². The topological polar surface area (TPSA) is 98.3 Å². The van der Waals surface area contributed by atoms with E-state index in [2.05, 4.69) is 48.8 Å². The Bertz CT molecular complexity index is 1680. The van der Waals surface area contributed by atoms with E-state index in [1.165, 1.54) is 31.3 Å².